The highest BCUT2D eigenvalue weighted by atomic mass is 32.2. The number of carbonyl (C=O) groups is 1. The van der Waals surface area contributed by atoms with Gasteiger partial charge in [0.2, 0.25) is 5.91 Å². The summed E-state index contributed by atoms with van der Waals surface area (Å²) >= 11 is 1.39. The summed E-state index contributed by atoms with van der Waals surface area (Å²) in [6, 6.07) is 24.5. The molecule has 32 heavy (non-hydrogen) atoms. The Hall–Kier alpha value is -3.38. The molecule has 0 saturated carbocycles. The van der Waals surface area contributed by atoms with Gasteiger partial charge in [-0.2, -0.15) is 0 Å². The summed E-state index contributed by atoms with van der Waals surface area (Å²) in [6.45, 7) is 6.06. The van der Waals surface area contributed by atoms with Crippen LogP contribution in [0.4, 0.5) is 5.69 Å². The van der Waals surface area contributed by atoms with Crippen molar-refractivity contribution in [2.45, 2.75) is 32.3 Å². The van der Waals surface area contributed by atoms with Gasteiger partial charge >= 0.3 is 0 Å². The van der Waals surface area contributed by atoms with E-state index < -0.39 is 0 Å². The van der Waals surface area contributed by atoms with Gasteiger partial charge in [-0.3, -0.25) is 9.36 Å². The fourth-order valence-corrected chi connectivity index (χ4v) is 4.33. The third-order valence-electron chi connectivity index (χ3n) is 5.28. The number of nitrogens with zero attached hydrogens (tertiary/aromatic N) is 3. The van der Waals surface area contributed by atoms with Crippen LogP contribution in [-0.4, -0.2) is 26.4 Å². The van der Waals surface area contributed by atoms with Crippen LogP contribution in [0, 0.1) is 20.8 Å². The van der Waals surface area contributed by atoms with E-state index in [0.717, 1.165) is 33.9 Å². The zero-order valence-corrected chi connectivity index (χ0v) is 19.3. The Bertz CT molecular complexity index is 1200. The molecule has 0 saturated heterocycles. The molecule has 4 rings (SSSR count). The van der Waals surface area contributed by atoms with E-state index in [0.29, 0.717) is 11.6 Å². The van der Waals surface area contributed by atoms with Crippen molar-refractivity contribution >= 4 is 23.4 Å². The molecule has 0 spiro atoms. The minimum absolute atomic E-state index is 0.0598. The van der Waals surface area contributed by atoms with Gasteiger partial charge in [0, 0.05) is 17.8 Å². The van der Waals surface area contributed by atoms with Crippen molar-refractivity contribution in [3.63, 3.8) is 0 Å². The SMILES string of the molecule is Cc1ccc(-n2c(Cc3ccccc3)nnc2SCC(=O)Nc2c(C)cccc2C)cc1. The fourth-order valence-electron chi connectivity index (χ4n) is 3.56. The topological polar surface area (TPSA) is 59.8 Å². The number of thioether (sulfide) groups is 1. The molecule has 0 bridgehead atoms. The van der Waals surface area contributed by atoms with E-state index in [-0.39, 0.29) is 11.7 Å². The number of rotatable bonds is 7. The summed E-state index contributed by atoms with van der Waals surface area (Å²) < 4.78 is 2.05. The molecule has 0 radical (unpaired) electrons. The zero-order chi connectivity index (χ0) is 22.5. The molecule has 1 heterocycles. The zero-order valence-electron chi connectivity index (χ0n) is 18.5. The minimum atomic E-state index is -0.0598. The summed E-state index contributed by atoms with van der Waals surface area (Å²) in [6.07, 6.45) is 0.664. The molecule has 162 valence electrons. The number of carbonyl (C=O) groups excluding carboxylic acids is 1. The molecule has 1 N–H and O–H groups in total. The number of hydrogen-bond donors (Lipinski definition) is 1. The lowest BCUT2D eigenvalue weighted by atomic mass is 10.1. The second kappa shape index (κ2) is 9.83. The number of nitrogens with one attached hydrogen (secondary N) is 1. The molecule has 0 fully saturated rings. The van der Waals surface area contributed by atoms with E-state index in [1.165, 1.54) is 17.3 Å². The average Bonchev–Trinajstić information content (AvgIpc) is 3.18. The molecule has 0 aliphatic carbocycles. The van der Waals surface area contributed by atoms with E-state index in [2.05, 4.69) is 58.8 Å². The van der Waals surface area contributed by atoms with Crippen LogP contribution in [0.3, 0.4) is 0 Å². The predicted molar refractivity (Wildman–Crippen MR) is 131 cm³/mol. The third kappa shape index (κ3) is 5.08. The number of aryl methyl sites for hydroxylation is 3. The van der Waals surface area contributed by atoms with Gasteiger partial charge in [0.05, 0.1) is 5.75 Å². The first-order chi connectivity index (χ1) is 15.5. The smallest absolute Gasteiger partial charge is 0.234 e. The van der Waals surface area contributed by atoms with Gasteiger partial charge in [-0.25, -0.2) is 0 Å². The second-order valence-electron chi connectivity index (χ2n) is 7.84. The Morgan fingerprint density at radius 1 is 0.875 bits per heavy atom. The predicted octanol–water partition coefficient (Wildman–Crippen LogP) is 5.51. The Morgan fingerprint density at radius 3 is 2.25 bits per heavy atom. The van der Waals surface area contributed by atoms with Crippen LogP contribution < -0.4 is 5.32 Å². The molecule has 0 aliphatic heterocycles. The quantitative estimate of drug-likeness (QED) is 0.383. The van der Waals surface area contributed by atoms with Gasteiger partial charge in [0.1, 0.15) is 5.82 Å². The largest absolute Gasteiger partial charge is 0.325 e. The van der Waals surface area contributed by atoms with E-state index >= 15 is 0 Å². The molecule has 0 unspecified atom stereocenters. The van der Waals surface area contributed by atoms with Crippen LogP contribution in [0.2, 0.25) is 0 Å². The van der Waals surface area contributed by atoms with Crippen LogP contribution >= 0.6 is 11.8 Å². The fraction of sp³-hybridized carbons (Fsp3) is 0.192. The van der Waals surface area contributed by atoms with Gasteiger partial charge in [0.25, 0.3) is 0 Å². The van der Waals surface area contributed by atoms with Crippen LogP contribution in [-0.2, 0) is 11.2 Å². The number of aromatic nitrogens is 3. The minimum Gasteiger partial charge on any atom is -0.325 e. The van der Waals surface area contributed by atoms with Gasteiger partial charge in [-0.05, 0) is 49.6 Å². The molecule has 5 nitrogen and oxygen atoms in total. The van der Waals surface area contributed by atoms with Gasteiger partial charge in [0.15, 0.2) is 5.16 Å². The van der Waals surface area contributed by atoms with Crippen LogP contribution in [0.5, 0.6) is 0 Å². The number of benzene rings is 3. The first kappa shape index (κ1) is 21.8. The Labute approximate surface area is 192 Å². The Kier molecular flexibility index (Phi) is 6.71. The van der Waals surface area contributed by atoms with Crippen LogP contribution in [0.1, 0.15) is 28.1 Å². The molecule has 6 heteroatoms. The molecular formula is C26H26N4OS. The van der Waals surface area contributed by atoms with Crippen molar-refractivity contribution in [1.82, 2.24) is 14.8 Å². The number of hydrogen-bond acceptors (Lipinski definition) is 4. The highest BCUT2D eigenvalue weighted by Gasteiger charge is 2.17. The van der Waals surface area contributed by atoms with Gasteiger partial charge in [-0.1, -0.05) is 78.0 Å². The van der Waals surface area contributed by atoms with Crippen molar-refractivity contribution in [2.24, 2.45) is 0 Å². The average molecular weight is 443 g/mol. The molecule has 1 aromatic heterocycles. The van der Waals surface area contributed by atoms with Crippen LogP contribution in [0.15, 0.2) is 78.0 Å². The molecular weight excluding hydrogens is 416 g/mol. The lowest BCUT2D eigenvalue weighted by molar-refractivity contribution is -0.113. The monoisotopic (exact) mass is 442 g/mol. The van der Waals surface area contributed by atoms with Crippen molar-refractivity contribution in [1.29, 1.82) is 0 Å². The van der Waals surface area contributed by atoms with Crippen molar-refractivity contribution in [3.8, 4) is 5.69 Å². The third-order valence-corrected chi connectivity index (χ3v) is 6.20. The Morgan fingerprint density at radius 2 is 1.56 bits per heavy atom. The summed E-state index contributed by atoms with van der Waals surface area (Å²) in [5, 5.41) is 12.6. The number of amides is 1. The molecule has 3 aromatic carbocycles. The van der Waals surface area contributed by atoms with Gasteiger partial charge < -0.3 is 5.32 Å². The maximum absolute atomic E-state index is 12.7. The normalized spacial score (nSPS) is 10.8. The van der Waals surface area contributed by atoms with E-state index in [4.69, 9.17) is 0 Å². The second-order valence-corrected chi connectivity index (χ2v) is 8.78. The van der Waals surface area contributed by atoms with E-state index in [9.17, 15) is 4.79 Å². The van der Waals surface area contributed by atoms with Crippen molar-refractivity contribution < 1.29 is 4.79 Å². The summed E-state index contributed by atoms with van der Waals surface area (Å²) in [4.78, 5) is 12.7. The lowest BCUT2D eigenvalue weighted by Gasteiger charge is -2.12. The maximum atomic E-state index is 12.7. The standard InChI is InChI=1S/C26H26N4OS/c1-18-12-14-22(15-13-18)30-23(16-21-10-5-4-6-11-21)28-29-26(30)32-17-24(31)27-25-19(2)8-7-9-20(25)3/h4-15H,16-17H2,1-3H3,(H,27,31). The van der Waals surface area contributed by atoms with Crippen molar-refractivity contribution in [3.05, 3.63) is 101 Å². The molecule has 0 aliphatic rings. The lowest BCUT2D eigenvalue weighted by Crippen LogP contribution is -2.16. The number of anilines is 1. The van der Waals surface area contributed by atoms with E-state index in [1.54, 1.807) is 0 Å². The van der Waals surface area contributed by atoms with E-state index in [1.807, 2.05) is 54.8 Å². The highest BCUT2D eigenvalue weighted by molar-refractivity contribution is 7.99. The number of para-hydroxylation sites is 1. The highest BCUT2D eigenvalue weighted by Crippen LogP contribution is 2.25. The molecule has 4 aromatic rings. The van der Waals surface area contributed by atoms with Crippen molar-refractivity contribution in [2.75, 3.05) is 11.1 Å². The first-order valence-electron chi connectivity index (χ1n) is 10.6. The van der Waals surface area contributed by atoms with Gasteiger partial charge in [-0.15, -0.1) is 10.2 Å². The summed E-state index contributed by atoms with van der Waals surface area (Å²) in [5.41, 5.74) is 6.32. The maximum Gasteiger partial charge on any atom is 0.234 e. The van der Waals surface area contributed by atoms with Crippen LogP contribution in [0.25, 0.3) is 5.69 Å². The summed E-state index contributed by atoms with van der Waals surface area (Å²) in [5.74, 6) is 1.04. The summed E-state index contributed by atoms with van der Waals surface area (Å²) in [7, 11) is 0. The Balaban J connectivity index is 1.56. The molecule has 0 atom stereocenters. The first-order valence-corrected chi connectivity index (χ1v) is 11.5. The molecule has 1 amide bonds.